The van der Waals surface area contributed by atoms with Crippen LogP contribution in [-0.4, -0.2) is 36.7 Å². The SMILES string of the molecule is CC(O)CN(Cc1ccccc1)S(C)(=O)=O. The van der Waals surface area contributed by atoms with Crippen molar-refractivity contribution < 1.29 is 13.5 Å². The molecule has 1 aromatic carbocycles. The summed E-state index contributed by atoms with van der Waals surface area (Å²) < 4.78 is 24.2. The molecule has 90 valence electrons. The molecule has 4 nitrogen and oxygen atoms in total. The first-order chi connectivity index (χ1) is 7.39. The molecule has 0 heterocycles. The number of hydrogen-bond donors (Lipinski definition) is 1. The second-order valence-electron chi connectivity index (χ2n) is 3.89. The molecular weight excluding hydrogens is 226 g/mol. The minimum Gasteiger partial charge on any atom is -0.392 e. The maximum atomic E-state index is 11.5. The fourth-order valence-electron chi connectivity index (χ4n) is 1.40. The molecule has 0 radical (unpaired) electrons. The standard InChI is InChI=1S/C11H17NO3S/c1-10(13)8-12(16(2,14)15)9-11-6-4-3-5-7-11/h3-7,10,13H,8-9H2,1-2H3. The van der Waals surface area contributed by atoms with Crippen LogP contribution in [0.15, 0.2) is 30.3 Å². The van der Waals surface area contributed by atoms with E-state index in [0.29, 0.717) is 6.54 Å². The summed E-state index contributed by atoms with van der Waals surface area (Å²) in [5.41, 5.74) is 0.911. The zero-order valence-electron chi connectivity index (χ0n) is 9.50. The predicted octanol–water partition coefficient (Wildman–Crippen LogP) is 0.829. The van der Waals surface area contributed by atoms with E-state index in [1.807, 2.05) is 30.3 Å². The lowest BCUT2D eigenvalue weighted by molar-refractivity contribution is 0.161. The summed E-state index contributed by atoms with van der Waals surface area (Å²) in [6, 6.07) is 9.32. The molecule has 0 saturated carbocycles. The topological polar surface area (TPSA) is 57.6 Å². The molecule has 0 aliphatic carbocycles. The van der Waals surface area contributed by atoms with Crippen molar-refractivity contribution in [2.24, 2.45) is 0 Å². The molecule has 1 N–H and O–H groups in total. The van der Waals surface area contributed by atoms with Crippen molar-refractivity contribution in [1.82, 2.24) is 4.31 Å². The average Bonchev–Trinajstić information content (AvgIpc) is 2.16. The Labute approximate surface area is 96.6 Å². The van der Waals surface area contributed by atoms with Gasteiger partial charge in [-0.1, -0.05) is 30.3 Å². The molecule has 0 amide bonds. The summed E-state index contributed by atoms with van der Waals surface area (Å²) in [6.07, 6.45) is 0.483. The highest BCUT2D eigenvalue weighted by molar-refractivity contribution is 7.88. The van der Waals surface area contributed by atoms with Gasteiger partial charge in [0.05, 0.1) is 12.4 Å². The lowest BCUT2D eigenvalue weighted by Gasteiger charge is -2.21. The maximum Gasteiger partial charge on any atom is 0.211 e. The van der Waals surface area contributed by atoms with Crippen LogP contribution in [0, 0.1) is 0 Å². The van der Waals surface area contributed by atoms with E-state index in [1.165, 1.54) is 4.31 Å². The second kappa shape index (κ2) is 5.43. The Morgan fingerprint density at radius 3 is 2.31 bits per heavy atom. The minimum atomic E-state index is -3.28. The normalized spacial score (nSPS) is 14.0. The first-order valence-corrected chi connectivity index (χ1v) is 6.91. The molecule has 0 aromatic heterocycles. The molecule has 0 spiro atoms. The van der Waals surface area contributed by atoms with Crippen molar-refractivity contribution in [2.45, 2.75) is 19.6 Å². The van der Waals surface area contributed by atoms with Crippen molar-refractivity contribution >= 4 is 10.0 Å². The lowest BCUT2D eigenvalue weighted by atomic mass is 10.2. The molecule has 5 heteroatoms. The van der Waals surface area contributed by atoms with Gasteiger partial charge in [-0.15, -0.1) is 0 Å². The third-order valence-corrected chi connectivity index (χ3v) is 3.35. The van der Waals surface area contributed by atoms with Gasteiger partial charge in [-0.25, -0.2) is 8.42 Å². The number of aliphatic hydroxyl groups is 1. The number of rotatable bonds is 5. The smallest absolute Gasteiger partial charge is 0.211 e. The molecule has 0 fully saturated rings. The van der Waals surface area contributed by atoms with Gasteiger partial charge in [0, 0.05) is 13.1 Å². The molecule has 1 rings (SSSR count). The van der Waals surface area contributed by atoms with Gasteiger partial charge in [0.25, 0.3) is 0 Å². The Kier molecular flexibility index (Phi) is 4.46. The third kappa shape index (κ3) is 4.30. The Balaban J connectivity index is 2.80. The zero-order chi connectivity index (χ0) is 12.2. The van der Waals surface area contributed by atoms with Crippen LogP contribution in [0.5, 0.6) is 0 Å². The highest BCUT2D eigenvalue weighted by Gasteiger charge is 2.18. The van der Waals surface area contributed by atoms with E-state index >= 15 is 0 Å². The van der Waals surface area contributed by atoms with E-state index < -0.39 is 16.1 Å². The Morgan fingerprint density at radius 2 is 1.88 bits per heavy atom. The lowest BCUT2D eigenvalue weighted by Crippen LogP contribution is -2.35. The minimum absolute atomic E-state index is 0.119. The number of nitrogens with zero attached hydrogens (tertiary/aromatic N) is 1. The van der Waals surface area contributed by atoms with Crippen LogP contribution in [0.25, 0.3) is 0 Å². The Morgan fingerprint density at radius 1 is 1.31 bits per heavy atom. The van der Waals surface area contributed by atoms with E-state index in [9.17, 15) is 13.5 Å². The molecule has 1 atom stereocenters. The van der Waals surface area contributed by atoms with Gasteiger partial charge in [0.1, 0.15) is 0 Å². The fourth-order valence-corrected chi connectivity index (χ4v) is 2.27. The third-order valence-electron chi connectivity index (χ3n) is 2.14. The van der Waals surface area contributed by atoms with E-state index in [2.05, 4.69) is 0 Å². The van der Waals surface area contributed by atoms with Gasteiger partial charge < -0.3 is 5.11 Å². The summed E-state index contributed by atoms with van der Waals surface area (Å²) in [7, 11) is -3.28. The molecule has 1 unspecified atom stereocenters. The summed E-state index contributed by atoms with van der Waals surface area (Å²) >= 11 is 0. The molecular formula is C11H17NO3S. The summed E-state index contributed by atoms with van der Waals surface area (Å²) in [5, 5.41) is 9.26. The highest BCUT2D eigenvalue weighted by Crippen LogP contribution is 2.08. The van der Waals surface area contributed by atoms with Crippen LogP contribution < -0.4 is 0 Å². The molecule has 0 bridgehead atoms. The fraction of sp³-hybridized carbons (Fsp3) is 0.455. The van der Waals surface area contributed by atoms with Gasteiger partial charge >= 0.3 is 0 Å². The predicted molar refractivity (Wildman–Crippen MR) is 63.4 cm³/mol. The van der Waals surface area contributed by atoms with E-state index in [1.54, 1.807) is 6.92 Å². The van der Waals surface area contributed by atoms with E-state index in [-0.39, 0.29) is 6.54 Å². The van der Waals surface area contributed by atoms with E-state index in [4.69, 9.17) is 0 Å². The van der Waals surface area contributed by atoms with Crippen molar-refractivity contribution in [3.8, 4) is 0 Å². The van der Waals surface area contributed by atoms with Crippen LogP contribution >= 0.6 is 0 Å². The van der Waals surface area contributed by atoms with Gasteiger partial charge in [-0.2, -0.15) is 4.31 Å². The summed E-state index contributed by atoms with van der Waals surface area (Å²) in [6.45, 7) is 1.99. The molecule has 16 heavy (non-hydrogen) atoms. The summed E-state index contributed by atoms with van der Waals surface area (Å²) in [5.74, 6) is 0. The highest BCUT2D eigenvalue weighted by atomic mass is 32.2. The van der Waals surface area contributed by atoms with E-state index in [0.717, 1.165) is 11.8 Å². The molecule has 1 aromatic rings. The number of aliphatic hydroxyl groups excluding tert-OH is 1. The molecule has 0 aliphatic heterocycles. The van der Waals surface area contributed by atoms with Crippen LogP contribution in [0.2, 0.25) is 0 Å². The van der Waals surface area contributed by atoms with Crippen LogP contribution in [0.1, 0.15) is 12.5 Å². The maximum absolute atomic E-state index is 11.5. The number of sulfonamides is 1. The van der Waals surface area contributed by atoms with Gasteiger partial charge in [0.15, 0.2) is 0 Å². The number of hydrogen-bond acceptors (Lipinski definition) is 3. The monoisotopic (exact) mass is 243 g/mol. The largest absolute Gasteiger partial charge is 0.392 e. The van der Waals surface area contributed by atoms with Crippen molar-refractivity contribution in [1.29, 1.82) is 0 Å². The first kappa shape index (κ1) is 13.2. The van der Waals surface area contributed by atoms with Crippen LogP contribution in [0.3, 0.4) is 0 Å². The van der Waals surface area contributed by atoms with Gasteiger partial charge in [0.2, 0.25) is 10.0 Å². The van der Waals surface area contributed by atoms with Crippen LogP contribution in [-0.2, 0) is 16.6 Å². The first-order valence-electron chi connectivity index (χ1n) is 5.06. The molecule has 0 saturated heterocycles. The molecule has 0 aliphatic rings. The van der Waals surface area contributed by atoms with Gasteiger partial charge in [-0.3, -0.25) is 0 Å². The Bertz CT molecular complexity index is 414. The second-order valence-corrected chi connectivity index (χ2v) is 5.87. The van der Waals surface area contributed by atoms with Crippen LogP contribution in [0.4, 0.5) is 0 Å². The zero-order valence-corrected chi connectivity index (χ0v) is 10.3. The van der Waals surface area contributed by atoms with Crippen molar-refractivity contribution in [3.63, 3.8) is 0 Å². The Hall–Kier alpha value is -0.910. The van der Waals surface area contributed by atoms with Crippen molar-refractivity contribution in [2.75, 3.05) is 12.8 Å². The quantitative estimate of drug-likeness (QED) is 0.833. The summed E-state index contributed by atoms with van der Waals surface area (Å²) in [4.78, 5) is 0. The van der Waals surface area contributed by atoms with Crippen molar-refractivity contribution in [3.05, 3.63) is 35.9 Å². The number of benzene rings is 1. The average molecular weight is 243 g/mol. The van der Waals surface area contributed by atoms with Gasteiger partial charge in [-0.05, 0) is 12.5 Å².